The molecule has 2 atom stereocenters. The van der Waals surface area contributed by atoms with Crippen LogP contribution in [0.15, 0.2) is 0 Å². The van der Waals surface area contributed by atoms with Gasteiger partial charge in [0.15, 0.2) is 0 Å². The molecule has 2 rings (SSSR count). The van der Waals surface area contributed by atoms with Crippen LogP contribution in [0.1, 0.15) is 53.4 Å². The molecule has 114 valence electrons. The summed E-state index contributed by atoms with van der Waals surface area (Å²) in [4.78, 5) is 5.23. The molecule has 0 saturated carbocycles. The standard InChI is InChI=1S/C15H30N2.C2H6/c1-4-14-5-9-17(10-6-14)12-15-7-8-16(3)11-13(15)2;1-2/h13-15H,4-12H2,1-3H3;1-2H3/t13-,15-;/m0./s1. The van der Waals surface area contributed by atoms with E-state index in [1.807, 2.05) is 13.8 Å². The molecule has 19 heavy (non-hydrogen) atoms. The Morgan fingerprint density at radius 2 is 1.63 bits per heavy atom. The van der Waals surface area contributed by atoms with Gasteiger partial charge in [0.2, 0.25) is 0 Å². The normalized spacial score (nSPS) is 30.8. The molecule has 2 fully saturated rings. The van der Waals surface area contributed by atoms with E-state index in [0.29, 0.717) is 0 Å². The third-order valence-corrected chi connectivity index (χ3v) is 5.06. The highest BCUT2D eigenvalue weighted by atomic mass is 15.1. The van der Waals surface area contributed by atoms with Crippen molar-refractivity contribution in [1.29, 1.82) is 0 Å². The fourth-order valence-electron chi connectivity index (χ4n) is 3.58. The van der Waals surface area contributed by atoms with Crippen LogP contribution in [0, 0.1) is 17.8 Å². The van der Waals surface area contributed by atoms with Crippen LogP contribution >= 0.6 is 0 Å². The Hall–Kier alpha value is -0.0800. The number of likely N-dealkylation sites (tertiary alicyclic amines) is 2. The van der Waals surface area contributed by atoms with Gasteiger partial charge >= 0.3 is 0 Å². The Balaban J connectivity index is 0.000000861. The fourth-order valence-corrected chi connectivity index (χ4v) is 3.58. The summed E-state index contributed by atoms with van der Waals surface area (Å²) in [7, 11) is 2.26. The molecule has 0 aliphatic carbocycles. The molecule has 2 nitrogen and oxygen atoms in total. The van der Waals surface area contributed by atoms with Crippen molar-refractivity contribution >= 4 is 0 Å². The minimum Gasteiger partial charge on any atom is -0.306 e. The molecular formula is C17H36N2. The van der Waals surface area contributed by atoms with Crippen LogP contribution in [0.25, 0.3) is 0 Å². The molecule has 2 aliphatic heterocycles. The molecule has 0 amide bonds. The van der Waals surface area contributed by atoms with E-state index in [9.17, 15) is 0 Å². The third-order valence-electron chi connectivity index (χ3n) is 5.06. The van der Waals surface area contributed by atoms with Gasteiger partial charge in [-0.25, -0.2) is 0 Å². The second-order valence-corrected chi connectivity index (χ2v) is 6.44. The van der Waals surface area contributed by atoms with E-state index in [4.69, 9.17) is 0 Å². The smallest absolute Gasteiger partial charge is 0.00132 e. The Labute approximate surface area is 121 Å². The summed E-state index contributed by atoms with van der Waals surface area (Å²) < 4.78 is 0. The Kier molecular flexibility index (Phi) is 8.01. The number of rotatable bonds is 3. The van der Waals surface area contributed by atoms with Gasteiger partial charge in [0, 0.05) is 13.1 Å². The van der Waals surface area contributed by atoms with E-state index in [2.05, 4.69) is 30.7 Å². The molecular weight excluding hydrogens is 232 g/mol. The molecule has 0 bridgehead atoms. The van der Waals surface area contributed by atoms with Crippen molar-refractivity contribution in [2.45, 2.75) is 53.4 Å². The fraction of sp³-hybridized carbons (Fsp3) is 1.00. The van der Waals surface area contributed by atoms with Gasteiger partial charge in [-0.05, 0) is 63.7 Å². The molecule has 0 N–H and O–H groups in total. The summed E-state index contributed by atoms with van der Waals surface area (Å²) >= 11 is 0. The van der Waals surface area contributed by atoms with Crippen LogP contribution in [0.5, 0.6) is 0 Å². The molecule has 0 spiro atoms. The summed E-state index contributed by atoms with van der Waals surface area (Å²) in [6, 6.07) is 0. The van der Waals surface area contributed by atoms with E-state index in [1.165, 1.54) is 58.4 Å². The van der Waals surface area contributed by atoms with Crippen molar-refractivity contribution < 1.29 is 0 Å². The third kappa shape index (κ3) is 5.43. The van der Waals surface area contributed by atoms with Crippen LogP contribution in [0.3, 0.4) is 0 Å². The van der Waals surface area contributed by atoms with Crippen LogP contribution < -0.4 is 0 Å². The predicted molar refractivity (Wildman–Crippen MR) is 85.6 cm³/mol. The van der Waals surface area contributed by atoms with Gasteiger partial charge in [0.05, 0.1) is 0 Å². The number of hydrogen-bond donors (Lipinski definition) is 0. The Bertz CT molecular complexity index is 221. The van der Waals surface area contributed by atoms with Crippen molar-refractivity contribution in [1.82, 2.24) is 9.80 Å². The second kappa shape index (κ2) is 8.97. The zero-order valence-electron chi connectivity index (χ0n) is 14.0. The van der Waals surface area contributed by atoms with Crippen LogP contribution in [0.4, 0.5) is 0 Å². The molecule has 2 aliphatic rings. The molecule has 0 aromatic carbocycles. The van der Waals surface area contributed by atoms with E-state index < -0.39 is 0 Å². The summed E-state index contributed by atoms with van der Waals surface area (Å²) in [5.41, 5.74) is 0. The Morgan fingerprint density at radius 3 is 2.16 bits per heavy atom. The van der Waals surface area contributed by atoms with Gasteiger partial charge in [-0.3, -0.25) is 0 Å². The summed E-state index contributed by atoms with van der Waals surface area (Å²) in [5.74, 6) is 2.85. The number of piperidine rings is 2. The van der Waals surface area contributed by atoms with Gasteiger partial charge in [-0.2, -0.15) is 0 Å². The summed E-state index contributed by atoms with van der Waals surface area (Å²) in [5, 5.41) is 0. The lowest BCUT2D eigenvalue weighted by atomic mass is 9.85. The molecule has 0 radical (unpaired) electrons. The average molecular weight is 268 g/mol. The van der Waals surface area contributed by atoms with Gasteiger partial charge in [-0.15, -0.1) is 0 Å². The first-order valence-electron chi connectivity index (χ1n) is 8.60. The second-order valence-electron chi connectivity index (χ2n) is 6.44. The highest BCUT2D eigenvalue weighted by Gasteiger charge is 2.27. The molecule has 0 aromatic heterocycles. The number of hydrogen-bond acceptors (Lipinski definition) is 2. The van der Waals surface area contributed by atoms with Crippen LogP contribution in [-0.4, -0.2) is 49.6 Å². The lowest BCUT2D eigenvalue weighted by Crippen LogP contribution is -2.44. The summed E-state index contributed by atoms with van der Waals surface area (Å²) in [6.45, 7) is 15.5. The summed E-state index contributed by atoms with van der Waals surface area (Å²) in [6.07, 6.45) is 5.68. The quantitative estimate of drug-likeness (QED) is 0.769. The van der Waals surface area contributed by atoms with Crippen molar-refractivity contribution in [3.8, 4) is 0 Å². The molecule has 0 aromatic rings. The first-order valence-corrected chi connectivity index (χ1v) is 8.60. The molecule has 2 heteroatoms. The lowest BCUT2D eigenvalue weighted by Gasteiger charge is -2.39. The first-order chi connectivity index (χ1) is 9.19. The zero-order chi connectivity index (χ0) is 14.3. The largest absolute Gasteiger partial charge is 0.306 e. The van der Waals surface area contributed by atoms with E-state index in [-0.39, 0.29) is 0 Å². The average Bonchev–Trinajstić information content (AvgIpc) is 2.45. The van der Waals surface area contributed by atoms with Gasteiger partial charge in [0.1, 0.15) is 0 Å². The van der Waals surface area contributed by atoms with Crippen molar-refractivity contribution in [2.75, 3.05) is 39.8 Å². The van der Waals surface area contributed by atoms with Crippen molar-refractivity contribution in [3.05, 3.63) is 0 Å². The van der Waals surface area contributed by atoms with Gasteiger partial charge in [-0.1, -0.05) is 34.1 Å². The van der Waals surface area contributed by atoms with Crippen LogP contribution in [0.2, 0.25) is 0 Å². The first kappa shape index (κ1) is 17.0. The highest BCUT2D eigenvalue weighted by molar-refractivity contribution is 4.80. The lowest BCUT2D eigenvalue weighted by molar-refractivity contribution is 0.0923. The molecule has 2 saturated heterocycles. The Morgan fingerprint density at radius 1 is 1.00 bits per heavy atom. The SMILES string of the molecule is CC.CCC1CCN(C[C@@H]2CCN(C)C[C@@H]2C)CC1. The van der Waals surface area contributed by atoms with Crippen molar-refractivity contribution in [3.63, 3.8) is 0 Å². The highest BCUT2D eigenvalue weighted by Crippen LogP contribution is 2.26. The zero-order valence-corrected chi connectivity index (χ0v) is 14.0. The van der Waals surface area contributed by atoms with Crippen molar-refractivity contribution in [2.24, 2.45) is 17.8 Å². The molecule has 0 unspecified atom stereocenters. The maximum atomic E-state index is 2.73. The minimum absolute atomic E-state index is 0.887. The number of nitrogens with zero attached hydrogens (tertiary/aromatic N) is 2. The minimum atomic E-state index is 0.887. The van der Waals surface area contributed by atoms with E-state index in [1.54, 1.807) is 0 Å². The maximum absolute atomic E-state index is 2.73. The topological polar surface area (TPSA) is 6.48 Å². The van der Waals surface area contributed by atoms with Gasteiger partial charge in [0.25, 0.3) is 0 Å². The van der Waals surface area contributed by atoms with Crippen LogP contribution in [-0.2, 0) is 0 Å². The monoisotopic (exact) mass is 268 g/mol. The predicted octanol–water partition coefficient (Wildman–Crippen LogP) is 3.72. The maximum Gasteiger partial charge on any atom is 0.00132 e. The molecule has 2 heterocycles. The van der Waals surface area contributed by atoms with Gasteiger partial charge < -0.3 is 9.80 Å². The van der Waals surface area contributed by atoms with E-state index >= 15 is 0 Å². The van der Waals surface area contributed by atoms with E-state index in [0.717, 1.165) is 17.8 Å².